The molecule has 0 radical (unpaired) electrons. The smallest absolute Gasteiger partial charge is 0.0449 e. The van der Waals surface area contributed by atoms with Crippen LogP contribution in [0.3, 0.4) is 0 Å². The summed E-state index contributed by atoms with van der Waals surface area (Å²) in [5.74, 6) is 0. The highest BCUT2D eigenvalue weighted by atomic mass is 35.5. The molecule has 0 aliphatic heterocycles. The molecule has 2 aromatic carbocycles. The number of aliphatic hydroxyl groups is 1. The molecule has 0 heterocycles. The lowest BCUT2D eigenvalue weighted by atomic mass is 10.1. The van der Waals surface area contributed by atoms with E-state index in [9.17, 15) is 0 Å². The van der Waals surface area contributed by atoms with E-state index in [2.05, 4.69) is 43.3 Å². The molecule has 106 valence electrons. The molecule has 0 bridgehead atoms. The molecule has 0 spiro atoms. The highest BCUT2D eigenvalue weighted by molar-refractivity contribution is 7.99. The molecule has 0 saturated heterocycles. The summed E-state index contributed by atoms with van der Waals surface area (Å²) < 4.78 is 0. The van der Waals surface area contributed by atoms with Gasteiger partial charge in [0.1, 0.15) is 0 Å². The van der Waals surface area contributed by atoms with Gasteiger partial charge >= 0.3 is 0 Å². The van der Waals surface area contributed by atoms with Gasteiger partial charge in [-0.15, -0.1) is 0 Å². The van der Waals surface area contributed by atoms with E-state index in [-0.39, 0.29) is 6.61 Å². The van der Waals surface area contributed by atoms with E-state index < -0.39 is 0 Å². The predicted molar refractivity (Wildman–Crippen MR) is 86.8 cm³/mol. The number of hydrogen-bond acceptors (Lipinski definition) is 2. The Morgan fingerprint density at radius 2 is 1.90 bits per heavy atom. The molecule has 1 nitrogen and oxygen atoms in total. The summed E-state index contributed by atoms with van der Waals surface area (Å²) in [5, 5.41) is 9.66. The first kappa shape index (κ1) is 15.4. The van der Waals surface area contributed by atoms with Gasteiger partial charge in [0.25, 0.3) is 0 Å². The van der Waals surface area contributed by atoms with Crippen LogP contribution in [0.15, 0.2) is 52.3 Å². The number of aliphatic hydroxyl groups excluding tert-OH is 1. The third-order valence-electron chi connectivity index (χ3n) is 3.17. The molecule has 1 N–H and O–H groups in total. The molecular formula is C17H19ClOS. The fourth-order valence-electron chi connectivity index (χ4n) is 2.03. The van der Waals surface area contributed by atoms with Crippen LogP contribution in [-0.4, -0.2) is 11.7 Å². The number of hydrogen-bond donors (Lipinski definition) is 1. The maximum atomic E-state index is 8.87. The molecule has 0 unspecified atom stereocenters. The molecule has 0 saturated carbocycles. The van der Waals surface area contributed by atoms with Gasteiger partial charge in [-0.05, 0) is 54.7 Å². The van der Waals surface area contributed by atoms with Crippen molar-refractivity contribution in [1.82, 2.24) is 0 Å². The van der Waals surface area contributed by atoms with Gasteiger partial charge in [0.15, 0.2) is 0 Å². The lowest BCUT2D eigenvalue weighted by molar-refractivity contribution is 0.288. The number of rotatable bonds is 6. The van der Waals surface area contributed by atoms with Crippen LogP contribution in [0.1, 0.15) is 24.5 Å². The van der Waals surface area contributed by atoms with Gasteiger partial charge in [0, 0.05) is 21.4 Å². The van der Waals surface area contributed by atoms with Crippen molar-refractivity contribution in [1.29, 1.82) is 0 Å². The van der Waals surface area contributed by atoms with Gasteiger partial charge < -0.3 is 5.11 Å². The molecule has 0 fully saturated rings. The Hall–Kier alpha value is -0.960. The highest BCUT2D eigenvalue weighted by Gasteiger charge is 2.04. The normalized spacial score (nSPS) is 10.8. The highest BCUT2D eigenvalue weighted by Crippen LogP contribution is 2.31. The summed E-state index contributed by atoms with van der Waals surface area (Å²) in [5.41, 5.74) is 2.45. The maximum absolute atomic E-state index is 8.87. The van der Waals surface area contributed by atoms with Crippen molar-refractivity contribution >= 4 is 23.4 Å². The summed E-state index contributed by atoms with van der Waals surface area (Å²) in [6, 6.07) is 14.8. The first-order valence-electron chi connectivity index (χ1n) is 6.89. The Morgan fingerprint density at radius 3 is 2.60 bits per heavy atom. The summed E-state index contributed by atoms with van der Waals surface area (Å²) in [6.45, 7) is 2.37. The first-order valence-corrected chi connectivity index (χ1v) is 8.08. The molecule has 2 rings (SSSR count). The predicted octanol–water partition coefficient (Wildman–Crippen LogP) is 4.98. The average molecular weight is 307 g/mol. The quantitative estimate of drug-likeness (QED) is 0.812. The molecule has 0 aromatic heterocycles. The second-order valence-corrected chi connectivity index (χ2v) is 6.24. The van der Waals surface area contributed by atoms with E-state index in [1.165, 1.54) is 10.5 Å². The van der Waals surface area contributed by atoms with Crippen molar-refractivity contribution in [2.75, 3.05) is 6.61 Å². The van der Waals surface area contributed by atoms with Crippen molar-refractivity contribution < 1.29 is 5.11 Å². The Morgan fingerprint density at radius 1 is 1.10 bits per heavy atom. The monoisotopic (exact) mass is 306 g/mol. The van der Waals surface area contributed by atoms with Gasteiger partial charge in [-0.1, -0.05) is 48.5 Å². The summed E-state index contributed by atoms with van der Waals surface area (Å²) >= 11 is 8.02. The number of halogens is 1. The van der Waals surface area contributed by atoms with E-state index >= 15 is 0 Å². The minimum absolute atomic E-state index is 0.205. The number of aryl methyl sites for hydroxylation is 2. The van der Waals surface area contributed by atoms with E-state index in [1.807, 2.05) is 6.07 Å². The zero-order chi connectivity index (χ0) is 14.4. The molecule has 0 aliphatic rings. The molecule has 3 heteroatoms. The van der Waals surface area contributed by atoms with E-state index in [0.717, 1.165) is 34.7 Å². The van der Waals surface area contributed by atoms with Crippen LogP contribution in [-0.2, 0) is 12.8 Å². The van der Waals surface area contributed by atoms with Crippen LogP contribution in [0, 0.1) is 0 Å². The van der Waals surface area contributed by atoms with E-state index in [0.29, 0.717) is 0 Å². The van der Waals surface area contributed by atoms with Crippen molar-refractivity contribution in [3.8, 4) is 0 Å². The van der Waals surface area contributed by atoms with Crippen LogP contribution in [0.2, 0.25) is 5.02 Å². The molecule has 20 heavy (non-hydrogen) atoms. The van der Waals surface area contributed by atoms with E-state index in [1.54, 1.807) is 11.8 Å². The second-order valence-electron chi connectivity index (χ2n) is 4.68. The minimum atomic E-state index is 0.205. The fraction of sp³-hybridized carbons (Fsp3) is 0.294. The lowest BCUT2D eigenvalue weighted by Crippen LogP contribution is -1.90. The Labute approximate surface area is 130 Å². The molecule has 0 atom stereocenters. The summed E-state index contributed by atoms with van der Waals surface area (Å²) in [4.78, 5) is 2.39. The fourth-order valence-corrected chi connectivity index (χ4v) is 3.31. The topological polar surface area (TPSA) is 20.2 Å². The van der Waals surface area contributed by atoms with Crippen LogP contribution in [0.4, 0.5) is 0 Å². The summed E-state index contributed by atoms with van der Waals surface area (Å²) in [7, 11) is 0. The lowest BCUT2D eigenvalue weighted by Gasteiger charge is -2.07. The Balaban J connectivity index is 2.11. The van der Waals surface area contributed by atoms with E-state index in [4.69, 9.17) is 16.7 Å². The average Bonchev–Trinajstić information content (AvgIpc) is 2.47. The van der Waals surface area contributed by atoms with Gasteiger partial charge in [0.2, 0.25) is 0 Å². The van der Waals surface area contributed by atoms with Crippen LogP contribution in [0.5, 0.6) is 0 Å². The van der Waals surface area contributed by atoms with Crippen LogP contribution < -0.4 is 0 Å². The van der Waals surface area contributed by atoms with Gasteiger partial charge in [0.05, 0.1) is 0 Å². The maximum Gasteiger partial charge on any atom is 0.0449 e. The van der Waals surface area contributed by atoms with Crippen molar-refractivity contribution in [3.63, 3.8) is 0 Å². The van der Waals surface area contributed by atoms with Crippen molar-refractivity contribution in [2.24, 2.45) is 0 Å². The standard InChI is InChI=1S/C17H19ClOS/c1-2-13-5-3-7-15(11-13)20-16-9-8-14(6-4-10-19)17(18)12-16/h3,5,7-9,11-12,19H,2,4,6,10H2,1H3. The molecule has 0 amide bonds. The Kier molecular flexibility index (Phi) is 5.96. The SMILES string of the molecule is CCc1cccc(Sc2ccc(CCCO)c(Cl)c2)c1. The van der Waals surface area contributed by atoms with Crippen LogP contribution in [0.25, 0.3) is 0 Å². The van der Waals surface area contributed by atoms with Gasteiger partial charge in [-0.3, -0.25) is 0 Å². The largest absolute Gasteiger partial charge is 0.396 e. The Bertz CT molecular complexity index is 569. The first-order chi connectivity index (χ1) is 9.72. The number of benzene rings is 2. The van der Waals surface area contributed by atoms with Crippen molar-refractivity contribution in [3.05, 3.63) is 58.6 Å². The minimum Gasteiger partial charge on any atom is -0.396 e. The second kappa shape index (κ2) is 7.72. The third-order valence-corrected chi connectivity index (χ3v) is 4.50. The molecule has 0 aliphatic carbocycles. The van der Waals surface area contributed by atoms with Gasteiger partial charge in [-0.25, -0.2) is 0 Å². The van der Waals surface area contributed by atoms with Crippen molar-refractivity contribution in [2.45, 2.75) is 36.0 Å². The van der Waals surface area contributed by atoms with Gasteiger partial charge in [-0.2, -0.15) is 0 Å². The zero-order valence-corrected chi connectivity index (χ0v) is 13.2. The zero-order valence-electron chi connectivity index (χ0n) is 11.6. The summed E-state index contributed by atoms with van der Waals surface area (Å²) in [6.07, 6.45) is 2.63. The third kappa shape index (κ3) is 4.27. The molecular weight excluding hydrogens is 288 g/mol. The van der Waals surface area contributed by atoms with Crippen LogP contribution >= 0.6 is 23.4 Å². The molecule has 2 aromatic rings.